The van der Waals surface area contributed by atoms with Gasteiger partial charge in [-0.1, -0.05) is 37.8 Å². The van der Waals surface area contributed by atoms with Gasteiger partial charge >= 0.3 is 0 Å². The van der Waals surface area contributed by atoms with Crippen molar-refractivity contribution in [3.63, 3.8) is 0 Å². The van der Waals surface area contributed by atoms with Crippen LogP contribution in [0, 0.1) is 11.6 Å². The van der Waals surface area contributed by atoms with Gasteiger partial charge in [-0.25, -0.2) is 13.5 Å². The zero-order valence-corrected chi connectivity index (χ0v) is 18.0. The summed E-state index contributed by atoms with van der Waals surface area (Å²) in [6, 6.07) is 10.0. The molecule has 0 N–H and O–H groups in total. The van der Waals surface area contributed by atoms with E-state index in [9.17, 15) is 13.6 Å². The Labute approximate surface area is 169 Å². The van der Waals surface area contributed by atoms with E-state index < -0.39 is 31.1 Å². The Morgan fingerprint density at radius 2 is 1.79 bits per heavy atom. The van der Waals surface area contributed by atoms with Crippen molar-refractivity contribution in [2.75, 3.05) is 13.7 Å². The molecule has 154 valence electrons. The van der Waals surface area contributed by atoms with Crippen LogP contribution in [0.25, 0.3) is 10.9 Å². The molecule has 1 heterocycles. The molecule has 2 aromatic carbocycles. The van der Waals surface area contributed by atoms with Crippen LogP contribution in [0.2, 0.25) is 25.7 Å². The highest BCUT2D eigenvalue weighted by atomic mass is 28.3. The van der Waals surface area contributed by atoms with Crippen molar-refractivity contribution in [1.82, 2.24) is 9.78 Å². The number of aromatic nitrogens is 2. The fourth-order valence-corrected chi connectivity index (χ4v) is 3.68. The first-order valence-corrected chi connectivity index (χ1v) is 13.0. The first-order valence-electron chi connectivity index (χ1n) is 9.32. The Bertz CT molecular complexity index is 1020. The van der Waals surface area contributed by atoms with Gasteiger partial charge < -0.3 is 9.47 Å². The summed E-state index contributed by atoms with van der Waals surface area (Å²) in [7, 11) is 0.0699. The van der Waals surface area contributed by atoms with Crippen molar-refractivity contribution in [2.45, 2.75) is 32.4 Å². The lowest BCUT2D eigenvalue weighted by atomic mass is 10.0. The van der Waals surface area contributed by atoms with E-state index in [1.54, 1.807) is 22.9 Å². The number of halogens is 2. The van der Waals surface area contributed by atoms with Crippen LogP contribution in [0.4, 0.5) is 8.78 Å². The summed E-state index contributed by atoms with van der Waals surface area (Å²) in [4.78, 5) is 12.9. The predicted octanol–water partition coefficient (Wildman–Crippen LogP) is 4.87. The van der Waals surface area contributed by atoms with E-state index in [0.717, 1.165) is 18.2 Å². The fourth-order valence-electron chi connectivity index (χ4n) is 2.93. The number of benzene rings is 2. The van der Waals surface area contributed by atoms with E-state index in [1.807, 2.05) is 6.07 Å². The molecule has 0 spiro atoms. The van der Waals surface area contributed by atoms with Gasteiger partial charge in [-0.15, -0.1) is 0 Å². The molecular formula is C21H24F2N2O3Si. The number of hydrogen-bond acceptors (Lipinski definition) is 4. The molecule has 1 aromatic heterocycles. The van der Waals surface area contributed by atoms with Gasteiger partial charge in [0.25, 0.3) is 0 Å². The van der Waals surface area contributed by atoms with Crippen LogP contribution < -0.4 is 4.74 Å². The quantitative estimate of drug-likeness (QED) is 0.298. The lowest BCUT2D eigenvalue weighted by Crippen LogP contribution is -2.22. The number of para-hydroxylation sites is 1. The molecule has 8 heteroatoms. The van der Waals surface area contributed by atoms with Crippen LogP contribution in [0.1, 0.15) is 16.1 Å². The summed E-state index contributed by atoms with van der Waals surface area (Å²) in [5, 5.41) is 4.83. The number of carbonyl (C=O) groups excluding carboxylic acids is 1. The minimum atomic E-state index is -1.23. The number of nitrogens with zero attached hydrogens (tertiary/aromatic N) is 2. The number of hydrogen-bond donors (Lipinski definition) is 0. The average molecular weight is 419 g/mol. The van der Waals surface area contributed by atoms with Gasteiger partial charge in [0, 0.05) is 32.2 Å². The molecular weight excluding hydrogens is 394 g/mol. The monoisotopic (exact) mass is 418 g/mol. The van der Waals surface area contributed by atoms with E-state index in [4.69, 9.17) is 9.47 Å². The minimum Gasteiger partial charge on any atom is -0.497 e. The summed E-state index contributed by atoms with van der Waals surface area (Å²) < 4.78 is 40.9. The molecule has 5 nitrogen and oxygen atoms in total. The Morgan fingerprint density at radius 1 is 1.14 bits per heavy atom. The molecule has 0 saturated carbocycles. The summed E-state index contributed by atoms with van der Waals surface area (Å²) in [6.07, 6.45) is 0. The standard InChI is InChI=1S/C21H24F2N2O3Si/c1-27-14-11-16(22)19(17(23)12-14)21(26)20-15-7-5-6-8-18(15)25(24-20)13-28-9-10-29(2,3)4/h5-8,11-12H,9-10,13H2,1-4H3. The Morgan fingerprint density at radius 3 is 2.41 bits per heavy atom. The second-order valence-corrected chi connectivity index (χ2v) is 13.6. The van der Waals surface area contributed by atoms with Gasteiger partial charge in [0.1, 0.15) is 29.8 Å². The van der Waals surface area contributed by atoms with Crippen LogP contribution in [0.5, 0.6) is 5.75 Å². The van der Waals surface area contributed by atoms with Gasteiger partial charge in [0.05, 0.1) is 18.2 Å². The topological polar surface area (TPSA) is 53.3 Å². The van der Waals surface area contributed by atoms with Crippen molar-refractivity contribution in [2.24, 2.45) is 0 Å². The number of methoxy groups -OCH3 is 1. The molecule has 0 saturated heterocycles. The molecule has 0 radical (unpaired) electrons. The van der Waals surface area contributed by atoms with E-state index in [0.29, 0.717) is 17.5 Å². The highest BCUT2D eigenvalue weighted by Crippen LogP contribution is 2.26. The molecule has 0 aliphatic rings. The highest BCUT2D eigenvalue weighted by molar-refractivity contribution is 6.76. The molecule has 0 amide bonds. The predicted molar refractivity (Wildman–Crippen MR) is 110 cm³/mol. The van der Waals surface area contributed by atoms with Crippen molar-refractivity contribution >= 4 is 24.8 Å². The number of ether oxygens (including phenoxy) is 2. The maximum Gasteiger partial charge on any atom is 0.219 e. The van der Waals surface area contributed by atoms with Crippen molar-refractivity contribution in [3.8, 4) is 5.75 Å². The zero-order valence-electron chi connectivity index (χ0n) is 17.0. The fraction of sp³-hybridized carbons (Fsp3) is 0.333. The van der Waals surface area contributed by atoms with E-state index in [1.165, 1.54) is 7.11 Å². The van der Waals surface area contributed by atoms with E-state index >= 15 is 0 Å². The normalized spacial score (nSPS) is 11.8. The lowest BCUT2D eigenvalue weighted by molar-refractivity contribution is 0.0809. The van der Waals surface area contributed by atoms with Gasteiger partial charge in [0.15, 0.2) is 0 Å². The second kappa shape index (κ2) is 8.42. The van der Waals surface area contributed by atoms with Crippen molar-refractivity contribution in [1.29, 1.82) is 0 Å². The van der Waals surface area contributed by atoms with Gasteiger partial charge in [-0.05, 0) is 12.1 Å². The van der Waals surface area contributed by atoms with Crippen molar-refractivity contribution < 1.29 is 23.0 Å². The number of fused-ring (bicyclic) bond motifs is 1. The van der Waals surface area contributed by atoms with Gasteiger partial charge in [-0.2, -0.15) is 5.10 Å². The molecule has 0 aliphatic heterocycles. The third-order valence-electron chi connectivity index (χ3n) is 4.56. The van der Waals surface area contributed by atoms with Crippen LogP contribution in [-0.2, 0) is 11.5 Å². The SMILES string of the molecule is COc1cc(F)c(C(=O)c2nn(COCC[Si](C)(C)C)c3ccccc23)c(F)c1. The molecule has 0 atom stereocenters. The summed E-state index contributed by atoms with van der Waals surface area (Å²) in [5.74, 6) is -2.80. The number of ketones is 1. The molecule has 0 bridgehead atoms. The van der Waals surface area contributed by atoms with Crippen LogP contribution in [-0.4, -0.2) is 37.4 Å². The molecule has 0 fully saturated rings. The Balaban J connectivity index is 1.93. The molecule has 29 heavy (non-hydrogen) atoms. The first kappa shape index (κ1) is 21.1. The molecule has 3 aromatic rings. The zero-order chi connectivity index (χ0) is 21.2. The first-order chi connectivity index (χ1) is 13.7. The largest absolute Gasteiger partial charge is 0.497 e. The minimum absolute atomic E-state index is 0.00253. The summed E-state index contributed by atoms with van der Waals surface area (Å²) >= 11 is 0. The van der Waals surface area contributed by atoms with Crippen LogP contribution in [0.15, 0.2) is 36.4 Å². The Kier molecular flexibility index (Phi) is 6.14. The highest BCUT2D eigenvalue weighted by Gasteiger charge is 2.25. The Hall–Kier alpha value is -2.58. The summed E-state index contributed by atoms with van der Waals surface area (Å²) in [5.41, 5.74) is -0.00333. The van der Waals surface area contributed by atoms with Crippen LogP contribution >= 0.6 is 0 Å². The molecule has 3 rings (SSSR count). The van der Waals surface area contributed by atoms with Crippen molar-refractivity contribution in [3.05, 3.63) is 59.3 Å². The number of rotatable bonds is 8. The van der Waals surface area contributed by atoms with Gasteiger partial charge in [0.2, 0.25) is 5.78 Å². The third-order valence-corrected chi connectivity index (χ3v) is 6.27. The smallest absolute Gasteiger partial charge is 0.219 e. The summed E-state index contributed by atoms with van der Waals surface area (Å²) in [6.45, 7) is 7.53. The lowest BCUT2D eigenvalue weighted by Gasteiger charge is -2.15. The molecule has 0 unspecified atom stereocenters. The molecule has 0 aliphatic carbocycles. The second-order valence-electron chi connectivity index (χ2n) is 8.01. The van der Waals surface area contributed by atoms with Gasteiger partial charge in [-0.3, -0.25) is 4.79 Å². The maximum atomic E-state index is 14.4. The third kappa shape index (κ3) is 4.71. The average Bonchev–Trinajstić information content (AvgIpc) is 3.02. The van der Waals surface area contributed by atoms with E-state index in [-0.39, 0.29) is 18.2 Å². The van der Waals surface area contributed by atoms with E-state index in [2.05, 4.69) is 24.7 Å². The number of carbonyl (C=O) groups is 1. The van der Waals surface area contributed by atoms with Crippen LogP contribution in [0.3, 0.4) is 0 Å². The maximum absolute atomic E-state index is 14.4.